The number of fused-ring (bicyclic) bond motifs is 1. The molecule has 1 aliphatic heterocycles. The first-order valence-corrected chi connectivity index (χ1v) is 5.58. The minimum absolute atomic E-state index is 0.278. The summed E-state index contributed by atoms with van der Waals surface area (Å²) >= 11 is 0. The molecule has 2 aromatic rings. The lowest BCUT2D eigenvalue weighted by Gasteiger charge is -2.06. The molecule has 0 aromatic carbocycles. The number of rotatable bonds is 1. The molecule has 84 valence electrons. The number of likely N-dealkylation sites (tertiary alicyclic amines) is 1. The lowest BCUT2D eigenvalue weighted by atomic mass is 10.1. The number of pyridine rings is 1. The molecule has 4 nitrogen and oxygen atoms in total. The summed E-state index contributed by atoms with van der Waals surface area (Å²) < 4.78 is 1.89. The van der Waals surface area contributed by atoms with E-state index in [9.17, 15) is 5.11 Å². The van der Waals surface area contributed by atoms with Crippen molar-refractivity contribution < 1.29 is 5.11 Å². The van der Waals surface area contributed by atoms with Gasteiger partial charge in [-0.2, -0.15) is 0 Å². The van der Waals surface area contributed by atoms with Crippen LogP contribution < -0.4 is 0 Å². The van der Waals surface area contributed by atoms with E-state index in [-0.39, 0.29) is 5.75 Å². The second kappa shape index (κ2) is 3.49. The molecule has 1 fully saturated rings. The Morgan fingerprint density at radius 2 is 2.25 bits per heavy atom. The van der Waals surface area contributed by atoms with Crippen LogP contribution >= 0.6 is 0 Å². The van der Waals surface area contributed by atoms with Crippen molar-refractivity contribution in [3.05, 3.63) is 30.2 Å². The van der Waals surface area contributed by atoms with Gasteiger partial charge in [0, 0.05) is 18.7 Å². The van der Waals surface area contributed by atoms with Crippen molar-refractivity contribution in [2.45, 2.75) is 12.3 Å². The lowest BCUT2D eigenvalue weighted by Crippen LogP contribution is -2.13. The van der Waals surface area contributed by atoms with Crippen molar-refractivity contribution in [1.29, 1.82) is 0 Å². The topological polar surface area (TPSA) is 40.8 Å². The molecule has 0 saturated carbocycles. The van der Waals surface area contributed by atoms with Gasteiger partial charge in [-0.1, -0.05) is 0 Å². The number of likely N-dealkylation sites (N-methyl/N-ethyl adjacent to an activating group) is 1. The monoisotopic (exact) mass is 217 g/mol. The van der Waals surface area contributed by atoms with Crippen LogP contribution in [-0.2, 0) is 0 Å². The molecule has 1 saturated heterocycles. The molecule has 1 N–H and O–H groups in total. The Hall–Kier alpha value is -1.55. The van der Waals surface area contributed by atoms with E-state index in [1.54, 1.807) is 12.3 Å². The minimum Gasteiger partial charge on any atom is -0.506 e. The fourth-order valence-electron chi connectivity index (χ4n) is 2.37. The highest BCUT2D eigenvalue weighted by Crippen LogP contribution is 2.26. The van der Waals surface area contributed by atoms with Gasteiger partial charge in [0.25, 0.3) is 0 Å². The quantitative estimate of drug-likeness (QED) is 0.786. The van der Waals surface area contributed by atoms with Crippen LogP contribution in [0.5, 0.6) is 5.75 Å². The van der Waals surface area contributed by atoms with E-state index in [2.05, 4.69) is 16.9 Å². The average Bonchev–Trinajstić information content (AvgIpc) is 2.83. The maximum absolute atomic E-state index is 9.39. The Kier molecular flexibility index (Phi) is 2.11. The molecular weight excluding hydrogens is 202 g/mol. The summed E-state index contributed by atoms with van der Waals surface area (Å²) in [6, 6.07) is 3.52. The van der Waals surface area contributed by atoms with Crippen molar-refractivity contribution in [3.63, 3.8) is 0 Å². The van der Waals surface area contributed by atoms with Gasteiger partial charge >= 0.3 is 0 Å². The lowest BCUT2D eigenvalue weighted by molar-refractivity contribution is 0.411. The van der Waals surface area contributed by atoms with Crippen LogP contribution in [0.2, 0.25) is 0 Å². The SMILES string of the molecule is CN1CCC(c2cn3cc(O)ccc3n2)C1. The molecule has 3 heterocycles. The zero-order valence-corrected chi connectivity index (χ0v) is 9.30. The maximum Gasteiger partial charge on any atom is 0.137 e. The minimum atomic E-state index is 0.278. The highest BCUT2D eigenvalue weighted by molar-refractivity contribution is 5.43. The fraction of sp³-hybridized carbons (Fsp3) is 0.417. The summed E-state index contributed by atoms with van der Waals surface area (Å²) in [6.07, 6.45) is 4.90. The van der Waals surface area contributed by atoms with E-state index in [1.807, 2.05) is 16.7 Å². The van der Waals surface area contributed by atoms with E-state index >= 15 is 0 Å². The Balaban J connectivity index is 1.99. The Morgan fingerprint density at radius 3 is 3.00 bits per heavy atom. The first kappa shape index (κ1) is 9.66. The van der Waals surface area contributed by atoms with Gasteiger partial charge in [0.05, 0.1) is 11.9 Å². The maximum atomic E-state index is 9.39. The second-order valence-electron chi connectivity index (χ2n) is 4.57. The van der Waals surface area contributed by atoms with E-state index < -0.39 is 0 Å². The predicted molar refractivity (Wildman–Crippen MR) is 61.7 cm³/mol. The molecular formula is C12H15N3O. The molecule has 1 atom stereocenters. The highest BCUT2D eigenvalue weighted by Gasteiger charge is 2.23. The van der Waals surface area contributed by atoms with E-state index in [4.69, 9.17) is 0 Å². The summed E-state index contributed by atoms with van der Waals surface area (Å²) in [4.78, 5) is 6.92. The van der Waals surface area contributed by atoms with Crippen molar-refractivity contribution in [1.82, 2.24) is 14.3 Å². The van der Waals surface area contributed by atoms with Crippen molar-refractivity contribution in [2.24, 2.45) is 0 Å². The molecule has 16 heavy (non-hydrogen) atoms. The number of hydrogen-bond acceptors (Lipinski definition) is 3. The standard InChI is InChI=1S/C12H15N3O/c1-14-5-4-9(6-14)11-8-15-7-10(16)2-3-12(15)13-11/h2-3,7-9,16H,4-6H2,1H3. The van der Waals surface area contributed by atoms with Gasteiger partial charge in [0.2, 0.25) is 0 Å². The average molecular weight is 217 g/mol. The zero-order valence-electron chi connectivity index (χ0n) is 9.30. The molecule has 0 bridgehead atoms. The fourth-order valence-corrected chi connectivity index (χ4v) is 2.37. The molecule has 1 unspecified atom stereocenters. The van der Waals surface area contributed by atoms with E-state index in [0.29, 0.717) is 5.92 Å². The summed E-state index contributed by atoms with van der Waals surface area (Å²) in [5, 5.41) is 9.39. The van der Waals surface area contributed by atoms with Gasteiger partial charge in [0.15, 0.2) is 0 Å². The summed E-state index contributed by atoms with van der Waals surface area (Å²) in [6.45, 7) is 2.22. The molecule has 0 spiro atoms. The van der Waals surface area contributed by atoms with Gasteiger partial charge in [-0.25, -0.2) is 4.98 Å². The highest BCUT2D eigenvalue weighted by atomic mass is 16.3. The number of aromatic hydroxyl groups is 1. The first-order chi connectivity index (χ1) is 7.72. The molecule has 0 radical (unpaired) electrons. The molecule has 0 amide bonds. The van der Waals surface area contributed by atoms with Crippen LogP contribution in [0.3, 0.4) is 0 Å². The van der Waals surface area contributed by atoms with Crippen LogP contribution in [0.25, 0.3) is 5.65 Å². The molecule has 2 aromatic heterocycles. The third-order valence-corrected chi connectivity index (χ3v) is 3.26. The van der Waals surface area contributed by atoms with Crippen molar-refractivity contribution in [2.75, 3.05) is 20.1 Å². The Morgan fingerprint density at radius 1 is 1.38 bits per heavy atom. The Labute approximate surface area is 94.1 Å². The predicted octanol–water partition coefficient (Wildman–Crippen LogP) is 1.46. The zero-order chi connectivity index (χ0) is 11.1. The van der Waals surface area contributed by atoms with Gasteiger partial charge in [-0.05, 0) is 32.1 Å². The number of hydrogen-bond donors (Lipinski definition) is 1. The Bertz CT molecular complexity index is 520. The molecule has 0 aliphatic carbocycles. The van der Waals surface area contributed by atoms with Crippen LogP contribution in [0, 0.1) is 0 Å². The summed E-state index contributed by atoms with van der Waals surface area (Å²) in [5.74, 6) is 0.812. The van der Waals surface area contributed by atoms with Crippen LogP contribution in [-0.4, -0.2) is 39.5 Å². The summed E-state index contributed by atoms with van der Waals surface area (Å²) in [5.41, 5.74) is 2.04. The van der Waals surface area contributed by atoms with Crippen molar-refractivity contribution in [3.8, 4) is 5.75 Å². The number of imidazole rings is 1. The van der Waals surface area contributed by atoms with Gasteiger partial charge in [-0.15, -0.1) is 0 Å². The van der Waals surface area contributed by atoms with Crippen molar-refractivity contribution >= 4 is 5.65 Å². The van der Waals surface area contributed by atoms with Crippen LogP contribution in [0.4, 0.5) is 0 Å². The summed E-state index contributed by atoms with van der Waals surface area (Å²) in [7, 11) is 2.14. The second-order valence-corrected chi connectivity index (χ2v) is 4.57. The first-order valence-electron chi connectivity index (χ1n) is 5.58. The smallest absolute Gasteiger partial charge is 0.137 e. The normalized spacial score (nSPS) is 21.9. The van der Waals surface area contributed by atoms with Gasteiger partial charge in [-0.3, -0.25) is 0 Å². The third kappa shape index (κ3) is 1.55. The largest absolute Gasteiger partial charge is 0.506 e. The van der Waals surface area contributed by atoms with Gasteiger partial charge in [0.1, 0.15) is 11.4 Å². The van der Waals surface area contributed by atoms with Gasteiger partial charge < -0.3 is 14.4 Å². The van der Waals surface area contributed by atoms with Crippen LogP contribution in [0.1, 0.15) is 18.0 Å². The van der Waals surface area contributed by atoms with E-state index in [0.717, 1.165) is 24.4 Å². The third-order valence-electron chi connectivity index (χ3n) is 3.26. The van der Waals surface area contributed by atoms with Crippen LogP contribution in [0.15, 0.2) is 24.5 Å². The number of aromatic nitrogens is 2. The van der Waals surface area contributed by atoms with E-state index in [1.165, 1.54) is 6.42 Å². The number of nitrogens with zero attached hydrogens (tertiary/aromatic N) is 3. The molecule has 4 heteroatoms. The molecule has 3 rings (SSSR count). The molecule has 1 aliphatic rings.